The first-order valence-corrected chi connectivity index (χ1v) is 11.9. The van der Waals surface area contributed by atoms with Crippen molar-refractivity contribution in [2.75, 3.05) is 32.6 Å². The van der Waals surface area contributed by atoms with Crippen LogP contribution in [-0.2, 0) is 19.6 Å². The fourth-order valence-corrected chi connectivity index (χ4v) is 3.92. The Morgan fingerprint density at radius 1 is 0.941 bits per heavy atom. The molecule has 0 spiro atoms. The van der Waals surface area contributed by atoms with Crippen molar-refractivity contribution in [3.8, 4) is 17.2 Å². The third-order valence-corrected chi connectivity index (χ3v) is 6.06. The number of sulfonamides is 1. The van der Waals surface area contributed by atoms with Gasteiger partial charge in [0.25, 0.3) is 15.9 Å². The van der Waals surface area contributed by atoms with Crippen LogP contribution in [0.1, 0.15) is 31.1 Å². The molecule has 0 bridgehead atoms. The van der Waals surface area contributed by atoms with Crippen molar-refractivity contribution in [1.82, 2.24) is 5.32 Å². The zero-order valence-electron chi connectivity index (χ0n) is 20.0. The number of benzene rings is 2. The van der Waals surface area contributed by atoms with Gasteiger partial charge in [-0.2, -0.15) is 0 Å². The van der Waals surface area contributed by atoms with E-state index in [-0.39, 0.29) is 33.6 Å². The van der Waals surface area contributed by atoms with E-state index in [0.717, 1.165) is 0 Å². The summed E-state index contributed by atoms with van der Waals surface area (Å²) in [6.07, 6.45) is -0.756. The molecule has 2 aromatic rings. The van der Waals surface area contributed by atoms with E-state index >= 15 is 0 Å². The average molecular weight is 495 g/mol. The van der Waals surface area contributed by atoms with E-state index in [0.29, 0.717) is 18.2 Å². The van der Waals surface area contributed by atoms with Gasteiger partial charge in [0.05, 0.1) is 37.5 Å². The van der Waals surface area contributed by atoms with Gasteiger partial charge in [-0.3, -0.25) is 9.52 Å². The lowest BCUT2D eigenvalue weighted by molar-refractivity contribution is -0.127. The Kier molecular flexibility index (Phi) is 9.13. The summed E-state index contributed by atoms with van der Waals surface area (Å²) in [7, 11) is -0.134. The Bertz CT molecular complexity index is 1110. The smallest absolute Gasteiger partial charge is 0.340 e. The predicted molar refractivity (Wildman–Crippen MR) is 126 cm³/mol. The average Bonchev–Trinajstić information content (AvgIpc) is 2.81. The molecule has 0 aliphatic heterocycles. The molecule has 0 radical (unpaired) electrons. The summed E-state index contributed by atoms with van der Waals surface area (Å²) < 4.78 is 49.1. The Morgan fingerprint density at radius 2 is 1.53 bits per heavy atom. The molecule has 0 fully saturated rings. The van der Waals surface area contributed by atoms with Gasteiger partial charge in [-0.15, -0.1) is 0 Å². The zero-order chi connectivity index (χ0) is 25.5. The van der Waals surface area contributed by atoms with Crippen LogP contribution < -0.4 is 24.2 Å². The number of esters is 1. The first-order valence-electron chi connectivity index (χ1n) is 10.4. The first-order chi connectivity index (χ1) is 16.0. The van der Waals surface area contributed by atoms with Crippen LogP contribution in [0.4, 0.5) is 5.69 Å². The monoisotopic (exact) mass is 494 g/mol. The molecule has 1 atom stereocenters. The Hall–Kier alpha value is -3.47. The van der Waals surface area contributed by atoms with Crippen LogP contribution in [0.3, 0.4) is 0 Å². The normalized spacial score (nSPS) is 12.0. The molecule has 0 aliphatic carbocycles. The molecule has 0 aromatic heterocycles. The van der Waals surface area contributed by atoms with Crippen molar-refractivity contribution in [3.63, 3.8) is 0 Å². The van der Waals surface area contributed by atoms with Crippen LogP contribution in [-0.4, -0.2) is 54.3 Å². The molecule has 10 nitrogen and oxygen atoms in total. The second kappa shape index (κ2) is 11.6. The van der Waals surface area contributed by atoms with Crippen LogP contribution in [0.15, 0.2) is 41.3 Å². The summed E-state index contributed by atoms with van der Waals surface area (Å²) in [5.41, 5.74) is -0.0924. The Labute approximate surface area is 199 Å². The van der Waals surface area contributed by atoms with Crippen molar-refractivity contribution in [3.05, 3.63) is 42.0 Å². The Morgan fingerprint density at radius 3 is 2.06 bits per heavy atom. The Balaban J connectivity index is 2.24. The maximum Gasteiger partial charge on any atom is 0.340 e. The van der Waals surface area contributed by atoms with Gasteiger partial charge in [0.15, 0.2) is 17.6 Å². The van der Waals surface area contributed by atoms with E-state index in [1.54, 1.807) is 6.92 Å². The number of ether oxygens (including phenoxy) is 4. The van der Waals surface area contributed by atoms with Gasteiger partial charge in [-0.05, 0) is 37.1 Å². The van der Waals surface area contributed by atoms with Crippen LogP contribution in [0.25, 0.3) is 0 Å². The van der Waals surface area contributed by atoms with E-state index in [2.05, 4.69) is 10.0 Å². The summed E-state index contributed by atoms with van der Waals surface area (Å²) in [5.74, 6) is 0.0641. The van der Waals surface area contributed by atoms with Crippen molar-refractivity contribution in [1.29, 1.82) is 0 Å². The van der Waals surface area contributed by atoms with Gasteiger partial charge in [0.2, 0.25) is 0 Å². The highest BCUT2D eigenvalue weighted by Crippen LogP contribution is 2.35. The van der Waals surface area contributed by atoms with Gasteiger partial charge in [0, 0.05) is 18.7 Å². The van der Waals surface area contributed by atoms with Crippen molar-refractivity contribution in [2.24, 2.45) is 5.92 Å². The second-order valence-electron chi connectivity index (χ2n) is 7.72. The molecule has 0 aliphatic rings. The lowest BCUT2D eigenvalue weighted by Crippen LogP contribution is -2.38. The number of amides is 1. The van der Waals surface area contributed by atoms with Crippen molar-refractivity contribution in [2.45, 2.75) is 31.8 Å². The molecule has 1 amide bonds. The largest absolute Gasteiger partial charge is 0.493 e. The molecule has 11 heteroatoms. The molecule has 186 valence electrons. The van der Waals surface area contributed by atoms with Gasteiger partial charge >= 0.3 is 5.97 Å². The molecule has 0 heterocycles. The maximum absolute atomic E-state index is 13.0. The summed E-state index contributed by atoms with van der Waals surface area (Å²) in [4.78, 5) is 24.2. The van der Waals surface area contributed by atoms with E-state index in [1.807, 2.05) is 13.8 Å². The minimum atomic E-state index is -4.09. The lowest BCUT2D eigenvalue weighted by Gasteiger charge is -2.17. The highest BCUT2D eigenvalue weighted by molar-refractivity contribution is 7.92. The number of carbonyl (C=O) groups is 2. The molecule has 2 rings (SSSR count). The number of carbonyl (C=O) groups excluding carboxylic acids is 2. The fraction of sp³-hybridized carbons (Fsp3) is 0.391. The summed E-state index contributed by atoms with van der Waals surface area (Å²) >= 11 is 0. The highest BCUT2D eigenvalue weighted by Gasteiger charge is 2.23. The number of nitrogens with one attached hydrogen (secondary N) is 2. The molecule has 34 heavy (non-hydrogen) atoms. The van der Waals surface area contributed by atoms with E-state index in [4.69, 9.17) is 18.9 Å². The fourth-order valence-electron chi connectivity index (χ4n) is 2.85. The number of rotatable bonds is 11. The maximum atomic E-state index is 13.0. The quantitative estimate of drug-likeness (QED) is 0.456. The topological polar surface area (TPSA) is 129 Å². The van der Waals surface area contributed by atoms with Crippen LogP contribution in [0, 0.1) is 5.92 Å². The van der Waals surface area contributed by atoms with Gasteiger partial charge in [-0.1, -0.05) is 13.8 Å². The molecule has 2 aromatic carbocycles. The summed E-state index contributed by atoms with van der Waals surface area (Å²) in [6.45, 7) is 6.09. The number of hydrogen-bond donors (Lipinski definition) is 2. The van der Waals surface area contributed by atoms with Crippen LogP contribution in [0.2, 0.25) is 0 Å². The lowest BCUT2D eigenvalue weighted by atomic mass is 10.1. The number of hydrogen-bond acceptors (Lipinski definition) is 8. The van der Waals surface area contributed by atoms with Crippen molar-refractivity contribution < 1.29 is 37.0 Å². The SMILES string of the molecule is COC(=O)c1cc(OC)c(OC)cc1NS(=O)(=O)c1ccc(O[C@H](C)C(=O)NCC(C)C)cc1. The van der Waals surface area contributed by atoms with Crippen LogP contribution in [0.5, 0.6) is 17.2 Å². The van der Waals surface area contributed by atoms with Crippen LogP contribution >= 0.6 is 0 Å². The molecule has 0 saturated carbocycles. The van der Waals surface area contributed by atoms with Crippen molar-refractivity contribution >= 4 is 27.6 Å². The zero-order valence-corrected chi connectivity index (χ0v) is 20.8. The third-order valence-electron chi connectivity index (χ3n) is 4.67. The molecule has 2 N–H and O–H groups in total. The first kappa shape index (κ1) is 26.8. The summed E-state index contributed by atoms with van der Waals surface area (Å²) in [6, 6.07) is 8.19. The number of anilines is 1. The molecule has 0 saturated heterocycles. The number of methoxy groups -OCH3 is 3. The summed E-state index contributed by atoms with van der Waals surface area (Å²) in [5, 5.41) is 2.77. The minimum Gasteiger partial charge on any atom is -0.493 e. The van der Waals surface area contributed by atoms with Gasteiger partial charge < -0.3 is 24.3 Å². The highest BCUT2D eigenvalue weighted by atomic mass is 32.2. The molecule has 0 unspecified atom stereocenters. The second-order valence-corrected chi connectivity index (χ2v) is 9.40. The molecular formula is C23H30N2O8S. The molecular weight excluding hydrogens is 464 g/mol. The van der Waals surface area contributed by atoms with Gasteiger partial charge in [0.1, 0.15) is 5.75 Å². The minimum absolute atomic E-state index is 0.0414. The van der Waals surface area contributed by atoms with E-state index in [1.165, 1.54) is 57.7 Å². The van der Waals surface area contributed by atoms with E-state index < -0.39 is 22.1 Å². The standard InChI is InChI=1S/C23H30N2O8S/c1-14(2)13-24-22(26)15(3)33-16-7-9-17(10-8-16)34(28,29)25-19-12-21(31-5)20(30-4)11-18(19)23(27)32-6/h7-12,14-15,25H,13H2,1-6H3,(H,24,26)/t15-/m1/s1. The predicted octanol–water partition coefficient (Wildman–Crippen LogP) is 2.83. The van der Waals surface area contributed by atoms with E-state index in [9.17, 15) is 18.0 Å². The van der Waals surface area contributed by atoms with Gasteiger partial charge in [-0.25, -0.2) is 13.2 Å². The third kappa shape index (κ3) is 6.77.